The number of aromatic nitrogens is 3. The molecule has 2 aromatic heterocycles. The minimum Gasteiger partial charge on any atom is -0.351 e. The molecule has 2 N–H and O–H groups in total. The molecule has 0 spiro atoms. The maximum Gasteiger partial charge on any atom is 0.434 e. The lowest BCUT2D eigenvalue weighted by Crippen LogP contribution is -2.42. The first-order valence-electron chi connectivity index (χ1n) is 10.1. The van der Waals surface area contributed by atoms with E-state index in [1.165, 1.54) is 4.31 Å². The third kappa shape index (κ3) is 5.53. The molecular formula is C18H22F4N6O2S2. The average Bonchev–Trinajstić information content (AvgIpc) is 3.44. The van der Waals surface area contributed by atoms with E-state index in [1.54, 1.807) is 0 Å². The van der Waals surface area contributed by atoms with Crippen LogP contribution in [-0.4, -0.2) is 59.1 Å². The van der Waals surface area contributed by atoms with Crippen LogP contribution >= 0.6 is 11.3 Å². The summed E-state index contributed by atoms with van der Waals surface area (Å²) in [5.74, 6) is -0.989. The highest BCUT2D eigenvalue weighted by atomic mass is 32.2. The molecule has 2 aliphatic rings. The topological polar surface area (TPSA) is 100 Å². The van der Waals surface area contributed by atoms with Crippen LogP contribution < -0.4 is 10.6 Å². The molecule has 1 saturated heterocycles. The maximum atomic E-state index is 14.5. The molecule has 14 heteroatoms. The van der Waals surface area contributed by atoms with E-state index in [4.69, 9.17) is 0 Å². The van der Waals surface area contributed by atoms with E-state index >= 15 is 0 Å². The zero-order chi connectivity index (χ0) is 23.1. The number of anilines is 1. The third-order valence-electron chi connectivity index (χ3n) is 5.27. The van der Waals surface area contributed by atoms with E-state index in [0.717, 1.165) is 36.6 Å². The molecule has 0 atom stereocenters. The van der Waals surface area contributed by atoms with Crippen molar-refractivity contribution in [2.45, 2.75) is 50.5 Å². The van der Waals surface area contributed by atoms with Gasteiger partial charge in [0, 0.05) is 31.7 Å². The predicted molar refractivity (Wildman–Crippen MR) is 111 cm³/mol. The standard InChI is InChI=1S/C18H22F4N6O2S2/c1-32(29,30)28-6-4-11(5-7-28)25-17-24-8-12(19)14(27-17)15-16(18(20,21)22)26-13(31-15)9-23-10-2-3-10/h8,10-11,23H,2-7,9H2,1H3,(H,24,25,27). The highest BCUT2D eigenvalue weighted by Gasteiger charge is 2.39. The molecular weight excluding hydrogens is 472 g/mol. The van der Waals surface area contributed by atoms with Crippen LogP contribution in [0.4, 0.5) is 23.5 Å². The van der Waals surface area contributed by atoms with Crippen LogP contribution in [0, 0.1) is 5.82 Å². The second kappa shape index (κ2) is 8.80. The van der Waals surface area contributed by atoms with Gasteiger partial charge < -0.3 is 10.6 Å². The molecule has 0 radical (unpaired) electrons. The monoisotopic (exact) mass is 494 g/mol. The van der Waals surface area contributed by atoms with Crippen LogP contribution in [0.2, 0.25) is 0 Å². The Kier molecular flexibility index (Phi) is 6.40. The second-order valence-corrected chi connectivity index (χ2v) is 11.0. The lowest BCUT2D eigenvalue weighted by Gasteiger charge is -2.30. The van der Waals surface area contributed by atoms with Gasteiger partial charge in [-0.2, -0.15) is 13.2 Å². The zero-order valence-corrected chi connectivity index (χ0v) is 18.7. The summed E-state index contributed by atoms with van der Waals surface area (Å²) in [6.45, 7) is 0.777. The fraction of sp³-hybridized carbons (Fsp3) is 0.611. The highest BCUT2D eigenvalue weighted by Crippen LogP contribution is 2.40. The second-order valence-electron chi connectivity index (χ2n) is 7.91. The summed E-state index contributed by atoms with van der Waals surface area (Å²) in [4.78, 5) is 11.2. The summed E-state index contributed by atoms with van der Waals surface area (Å²) < 4.78 is 79.9. The molecule has 0 unspecified atom stereocenters. The first kappa shape index (κ1) is 23.3. The number of sulfonamides is 1. The molecule has 0 bridgehead atoms. The summed E-state index contributed by atoms with van der Waals surface area (Å²) in [6.07, 6.45) is 0.0955. The van der Waals surface area contributed by atoms with Gasteiger partial charge >= 0.3 is 6.18 Å². The van der Waals surface area contributed by atoms with Crippen molar-refractivity contribution < 1.29 is 26.0 Å². The van der Waals surface area contributed by atoms with Crippen molar-refractivity contribution in [2.75, 3.05) is 24.7 Å². The van der Waals surface area contributed by atoms with Crippen molar-refractivity contribution in [1.29, 1.82) is 0 Å². The van der Waals surface area contributed by atoms with E-state index in [1.807, 2.05) is 0 Å². The fourth-order valence-corrected chi connectivity index (χ4v) is 5.32. The molecule has 0 amide bonds. The molecule has 4 rings (SSSR count). The van der Waals surface area contributed by atoms with E-state index in [0.29, 0.717) is 25.9 Å². The quantitative estimate of drug-likeness (QED) is 0.571. The Balaban J connectivity index is 1.55. The fourth-order valence-electron chi connectivity index (χ4n) is 3.42. The molecule has 1 aliphatic carbocycles. The van der Waals surface area contributed by atoms with Gasteiger partial charge in [0.2, 0.25) is 16.0 Å². The van der Waals surface area contributed by atoms with Gasteiger partial charge in [-0.15, -0.1) is 11.3 Å². The van der Waals surface area contributed by atoms with Crippen molar-refractivity contribution in [3.8, 4) is 10.6 Å². The number of hydrogen-bond acceptors (Lipinski definition) is 8. The Labute approximate surface area is 186 Å². The number of halogens is 4. The van der Waals surface area contributed by atoms with Crippen LogP contribution in [0.5, 0.6) is 0 Å². The van der Waals surface area contributed by atoms with E-state index < -0.39 is 33.4 Å². The van der Waals surface area contributed by atoms with Crippen molar-refractivity contribution >= 4 is 27.3 Å². The Bertz CT molecular complexity index is 1080. The lowest BCUT2D eigenvalue weighted by atomic mass is 10.1. The van der Waals surface area contributed by atoms with Gasteiger partial charge in [0.15, 0.2) is 11.5 Å². The number of alkyl halides is 3. The van der Waals surface area contributed by atoms with Crippen LogP contribution in [0.25, 0.3) is 10.6 Å². The van der Waals surface area contributed by atoms with E-state index in [9.17, 15) is 26.0 Å². The molecule has 0 aromatic carbocycles. The van der Waals surface area contributed by atoms with Crippen molar-refractivity contribution in [1.82, 2.24) is 24.6 Å². The van der Waals surface area contributed by atoms with Crippen LogP contribution in [0.15, 0.2) is 6.20 Å². The van der Waals surface area contributed by atoms with Gasteiger partial charge in [0.05, 0.1) is 17.3 Å². The van der Waals surface area contributed by atoms with Gasteiger partial charge in [-0.05, 0) is 25.7 Å². The Morgan fingerprint density at radius 2 is 1.84 bits per heavy atom. The Morgan fingerprint density at radius 3 is 2.44 bits per heavy atom. The summed E-state index contributed by atoms with van der Waals surface area (Å²) in [6, 6.07) is 0.102. The number of rotatable bonds is 7. The number of thiazole rings is 1. The predicted octanol–water partition coefficient (Wildman–Crippen LogP) is 2.85. The average molecular weight is 495 g/mol. The van der Waals surface area contributed by atoms with Gasteiger partial charge in [-0.3, -0.25) is 0 Å². The van der Waals surface area contributed by atoms with Crippen molar-refractivity contribution in [2.24, 2.45) is 0 Å². The highest BCUT2D eigenvalue weighted by molar-refractivity contribution is 7.88. The summed E-state index contributed by atoms with van der Waals surface area (Å²) in [7, 11) is -3.29. The largest absolute Gasteiger partial charge is 0.434 e. The maximum absolute atomic E-state index is 14.5. The van der Waals surface area contributed by atoms with Gasteiger partial charge in [-0.25, -0.2) is 32.1 Å². The molecule has 1 aliphatic heterocycles. The van der Waals surface area contributed by atoms with Gasteiger partial charge in [0.25, 0.3) is 0 Å². The van der Waals surface area contributed by atoms with Crippen molar-refractivity contribution in [3.05, 3.63) is 22.7 Å². The van der Waals surface area contributed by atoms with E-state index in [2.05, 4.69) is 25.6 Å². The summed E-state index contributed by atoms with van der Waals surface area (Å²) in [5.41, 5.74) is -1.63. The molecule has 8 nitrogen and oxygen atoms in total. The number of nitrogens with one attached hydrogen (secondary N) is 2. The smallest absolute Gasteiger partial charge is 0.351 e. The molecule has 176 valence electrons. The number of nitrogens with zero attached hydrogens (tertiary/aromatic N) is 4. The number of piperidine rings is 1. The van der Waals surface area contributed by atoms with Gasteiger partial charge in [0.1, 0.15) is 10.7 Å². The molecule has 3 heterocycles. The Morgan fingerprint density at radius 1 is 1.16 bits per heavy atom. The molecule has 2 fully saturated rings. The van der Waals surface area contributed by atoms with Crippen molar-refractivity contribution in [3.63, 3.8) is 0 Å². The lowest BCUT2D eigenvalue weighted by molar-refractivity contribution is -0.140. The van der Waals surface area contributed by atoms with Gasteiger partial charge in [-0.1, -0.05) is 0 Å². The van der Waals surface area contributed by atoms with Crippen LogP contribution in [0.3, 0.4) is 0 Å². The van der Waals surface area contributed by atoms with Crippen LogP contribution in [0.1, 0.15) is 36.4 Å². The minimum absolute atomic E-state index is 0.0154. The first-order chi connectivity index (χ1) is 15.0. The molecule has 32 heavy (non-hydrogen) atoms. The molecule has 2 aromatic rings. The zero-order valence-electron chi connectivity index (χ0n) is 17.1. The number of hydrogen-bond donors (Lipinski definition) is 2. The van der Waals surface area contributed by atoms with Crippen LogP contribution in [-0.2, 0) is 22.7 Å². The third-order valence-corrected chi connectivity index (χ3v) is 7.64. The SMILES string of the molecule is CS(=O)(=O)N1CCC(Nc2ncc(F)c(-c3sc(CNC4CC4)nc3C(F)(F)F)n2)CC1. The normalized spacial score (nSPS) is 18.8. The molecule has 1 saturated carbocycles. The minimum atomic E-state index is -4.76. The Hall–Kier alpha value is -1.90. The van der Waals surface area contributed by atoms with E-state index in [-0.39, 0.29) is 34.5 Å². The summed E-state index contributed by atoms with van der Waals surface area (Å²) >= 11 is 0.756. The summed E-state index contributed by atoms with van der Waals surface area (Å²) in [5, 5.41) is 6.30. The first-order valence-corrected chi connectivity index (χ1v) is 12.7.